The van der Waals surface area contributed by atoms with Crippen LogP contribution in [0, 0.1) is 13.8 Å². The van der Waals surface area contributed by atoms with Gasteiger partial charge in [-0.1, -0.05) is 83.5 Å². The molecule has 1 N–H and O–H groups in total. The predicted octanol–water partition coefficient (Wildman–Crippen LogP) is 8.39. The third-order valence-corrected chi connectivity index (χ3v) is 4.48. The zero-order valence-electron chi connectivity index (χ0n) is 19.1. The molecule has 1 unspecified atom stereocenters. The Morgan fingerprint density at radius 2 is 1.39 bits per heavy atom. The summed E-state index contributed by atoms with van der Waals surface area (Å²) in [6.45, 7) is 18.4. The highest BCUT2D eigenvalue weighted by Crippen LogP contribution is 2.37. The Kier molecular flexibility index (Phi) is 9.58. The van der Waals surface area contributed by atoms with Crippen molar-refractivity contribution < 1.29 is 4.42 Å². The average Bonchev–Trinajstić information content (AvgIpc) is 3.12. The van der Waals surface area contributed by atoms with Crippen LogP contribution in [0.1, 0.15) is 71.2 Å². The van der Waals surface area contributed by atoms with Gasteiger partial charge in [0.1, 0.15) is 11.2 Å². The number of furan rings is 1. The Morgan fingerprint density at radius 3 is 2.04 bits per heavy atom. The maximum absolute atomic E-state index is 6.29. The molecule has 1 atom stereocenters. The Labute approximate surface area is 171 Å². The Hall–Kier alpha value is -2.48. The van der Waals surface area contributed by atoms with Gasteiger partial charge in [0.25, 0.3) is 0 Å². The van der Waals surface area contributed by atoms with E-state index in [1.165, 1.54) is 33.0 Å². The van der Waals surface area contributed by atoms with Gasteiger partial charge in [-0.25, -0.2) is 0 Å². The smallest absolute Gasteiger partial charge is 0.141 e. The fraction of sp³-hybridized carbons (Fsp3) is 0.385. The van der Waals surface area contributed by atoms with Crippen molar-refractivity contribution in [1.82, 2.24) is 5.32 Å². The first-order chi connectivity index (χ1) is 13.6. The van der Waals surface area contributed by atoms with E-state index in [1.54, 1.807) is 0 Å². The molecule has 152 valence electrons. The predicted molar refractivity (Wildman–Crippen MR) is 126 cm³/mol. The molecule has 0 saturated carbocycles. The summed E-state index contributed by atoms with van der Waals surface area (Å²) in [6.07, 6.45) is 6.36. The quantitative estimate of drug-likeness (QED) is 0.459. The fourth-order valence-electron chi connectivity index (χ4n) is 3.33. The molecule has 0 spiro atoms. The van der Waals surface area contributed by atoms with E-state index in [9.17, 15) is 0 Å². The maximum atomic E-state index is 6.29. The van der Waals surface area contributed by atoms with Crippen molar-refractivity contribution in [2.24, 2.45) is 0 Å². The number of aryl methyl sites for hydroxylation is 2. The van der Waals surface area contributed by atoms with Crippen molar-refractivity contribution in [3.8, 4) is 0 Å². The third kappa shape index (κ3) is 4.67. The van der Waals surface area contributed by atoms with Crippen molar-refractivity contribution >= 4 is 21.9 Å². The van der Waals surface area contributed by atoms with Crippen LogP contribution in [-0.4, -0.2) is 0 Å². The summed E-state index contributed by atoms with van der Waals surface area (Å²) in [6, 6.07) is 10.9. The highest BCUT2D eigenvalue weighted by atomic mass is 16.3. The van der Waals surface area contributed by atoms with Crippen LogP contribution in [0.25, 0.3) is 21.9 Å². The summed E-state index contributed by atoms with van der Waals surface area (Å²) in [4.78, 5) is 0. The van der Waals surface area contributed by atoms with Gasteiger partial charge in [0, 0.05) is 16.3 Å². The van der Waals surface area contributed by atoms with E-state index in [-0.39, 0.29) is 6.04 Å². The number of hydrogen-bond acceptors (Lipinski definition) is 2. The van der Waals surface area contributed by atoms with Gasteiger partial charge in [-0.2, -0.15) is 0 Å². The molecule has 1 aromatic heterocycles. The minimum atomic E-state index is 0.162. The molecule has 1 aliphatic rings. The van der Waals surface area contributed by atoms with E-state index in [4.69, 9.17) is 4.42 Å². The topological polar surface area (TPSA) is 25.2 Å². The largest absolute Gasteiger partial charge is 0.455 e. The van der Waals surface area contributed by atoms with E-state index in [0.29, 0.717) is 0 Å². The van der Waals surface area contributed by atoms with E-state index >= 15 is 0 Å². The number of hydrogen-bond donors (Lipinski definition) is 1. The fourth-order valence-corrected chi connectivity index (χ4v) is 3.33. The standard InChI is InChI=1S/C20H19NO.3C2H6/c1-12-9-10-21-17(11-12)18-13(2)7-8-16-15-6-4-5-14(3)19(15)22-20(16)18;3*1-2/h4-11,17,21H,1-3H3;3*1-2H3. The molecule has 2 heteroatoms. The Bertz CT molecular complexity index is 944. The molecule has 0 amide bonds. The summed E-state index contributed by atoms with van der Waals surface area (Å²) in [5.74, 6) is 0. The van der Waals surface area contributed by atoms with E-state index in [0.717, 1.165) is 11.2 Å². The lowest BCUT2D eigenvalue weighted by molar-refractivity contribution is 0.643. The SMILES string of the molecule is CC.CC.CC.CC1=CC(c2c(C)ccc3c2oc2c(C)cccc23)NC=C1. The molecule has 2 aromatic carbocycles. The highest BCUT2D eigenvalue weighted by molar-refractivity contribution is 6.07. The van der Waals surface area contributed by atoms with Gasteiger partial charge in [0.15, 0.2) is 0 Å². The number of dihydropyridines is 1. The van der Waals surface area contributed by atoms with Gasteiger partial charge in [-0.05, 0) is 44.2 Å². The zero-order chi connectivity index (χ0) is 21.3. The van der Waals surface area contributed by atoms with Crippen molar-refractivity contribution in [3.05, 3.63) is 70.9 Å². The summed E-state index contributed by atoms with van der Waals surface area (Å²) in [7, 11) is 0. The van der Waals surface area contributed by atoms with Crippen molar-refractivity contribution in [3.63, 3.8) is 0 Å². The lowest BCUT2D eigenvalue weighted by Gasteiger charge is -2.20. The summed E-state index contributed by atoms with van der Waals surface area (Å²) >= 11 is 0. The van der Waals surface area contributed by atoms with Crippen LogP contribution >= 0.6 is 0 Å². The molecule has 2 nitrogen and oxygen atoms in total. The van der Waals surface area contributed by atoms with Gasteiger partial charge < -0.3 is 9.73 Å². The van der Waals surface area contributed by atoms with Crippen LogP contribution in [0.5, 0.6) is 0 Å². The molecule has 0 bridgehead atoms. The number of rotatable bonds is 1. The second-order valence-electron chi connectivity index (χ2n) is 6.11. The summed E-state index contributed by atoms with van der Waals surface area (Å²) < 4.78 is 6.29. The number of para-hydroxylation sites is 1. The van der Waals surface area contributed by atoms with Crippen molar-refractivity contribution in [1.29, 1.82) is 0 Å². The minimum absolute atomic E-state index is 0.162. The van der Waals surface area contributed by atoms with Crippen LogP contribution in [0.2, 0.25) is 0 Å². The van der Waals surface area contributed by atoms with Gasteiger partial charge in [0.05, 0.1) is 6.04 Å². The maximum Gasteiger partial charge on any atom is 0.141 e. The normalized spacial score (nSPS) is 14.6. The molecule has 0 aliphatic carbocycles. The Morgan fingerprint density at radius 1 is 0.750 bits per heavy atom. The van der Waals surface area contributed by atoms with Gasteiger partial charge in [-0.15, -0.1) is 0 Å². The highest BCUT2D eigenvalue weighted by Gasteiger charge is 2.20. The monoisotopic (exact) mass is 379 g/mol. The van der Waals surface area contributed by atoms with Crippen LogP contribution in [0.3, 0.4) is 0 Å². The third-order valence-electron chi connectivity index (χ3n) is 4.48. The van der Waals surface area contributed by atoms with E-state index < -0.39 is 0 Å². The molecule has 0 radical (unpaired) electrons. The molecule has 2 heterocycles. The van der Waals surface area contributed by atoms with Gasteiger partial charge >= 0.3 is 0 Å². The molecule has 28 heavy (non-hydrogen) atoms. The first-order valence-electron chi connectivity index (χ1n) is 10.7. The number of benzene rings is 2. The summed E-state index contributed by atoms with van der Waals surface area (Å²) in [5.41, 5.74) is 6.93. The molecule has 1 aliphatic heterocycles. The average molecular weight is 380 g/mol. The Balaban J connectivity index is 0.000000599. The van der Waals surface area contributed by atoms with Crippen molar-refractivity contribution in [2.45, 2.75) is 68.4 Å². The van der Waals surface area contributed by atoms with Crippen molar-refractivity contribution in [2.75, 3.05) is 0 Å². The summed E-state index contributed by atoms with van der Waals surface area (Å²) in [5, 5.41) is 5.83. The van der Waals surface area contributed by atoms with Gasteiger partial charge in [-0.3, -0.25) is 0 Å². The minimum Gasteiger partial charge on any atom is -0.455 e. The molecule has 0 fully saturated rings. The van der Waals surface area contributed by atoms with Gasteiger partial charge in [0.2, 0.25) is 0 Å². The molecule has 3 aromatic rings. The molecule has 4 rings (SSSR count). The lowest BCUT2D eigenvalue weighted by atomic mass is 9.95. The lowest BCUT2D eigenvalue weighted by Crippen LogP contribution is -2.17. The first kappa shape index (κ1) is 23.6. The van der Waals surface area contributed by atoms with E-state index in [2.05, 4.69) is 68.6 Å². The number of allylic oxidation sites excluding steroid dienone is 2. The van der Waals surface area contributed by atoms with Crippen LogP contribution in [0.15, 0.2) is 58.7 Å². The second-order valence-corrected chi connectivity index (χ2v) is 6.11. The zero-order valence-corrected chi connectivity index (χ0v) is 19.1. The molecular formula is C26H37NO. The van der Waals surface area contributed by atoms with Crippen LogP contribution < -0.4 is 5.32 Å². The molecule has 0 saturated heterocycles. The number of nitrogens with one attached hydrogen (secondary N) is 1. The number of fused-ring (bicyclic) bond motifs is 3. The van der Waals surface area contributed by atoms with Crippen LogP contribution in [-0.2, 0) is 0 Å². The van der Waals surface area contributed by atoms with E-state index in [1.807, 2.05) is 47.7 Å². The molecular weight excluding hydrogens is 342 g/mol. The van der Waals surface area contributed by atoms with Crippen LogP contribution in [0.4, 0.5) is 0 Å². The first-order valence-corrected chi connectivity index (χ1v) is 10.7. The second kappa shape index (κ2) is 11.4.